The van der Waals surface area contributed by atoms with Gasteiger partial charge in [0.15, 0.2) is 0 Å². The van der Waals surface area contributed by atoms with Crippen LogP contribution in [0.2, 0.25) is 0 Å². The highest BCUT2D eigenvalue weighted by Gasteiger charge is 2.00. The Morgan fingerprint density at radius 1 is 0.867 bits per heavy atom. The van der Waals surface area contributed by atoms with E-state index in [1.54, 1.807) is 0 Å². The highest BCUT2D eigenvalue weighted by atomic mass is 19.3. The first-order valence-electron chi connectivity index (χ1n) is 6.13. The molecule has 0 atom stereocenters. The van der Waals surface area contributed by atoms with Crippen molar-refractivity contribution in [3.63, 3.8) is 0 Å². The molecule has 0 saturated carbocycles. The second kappa shape index (κ2) is 11.9. The van der Waals surface area contributed by atoms with Gasteiger partial charge in [0.1, 0.15) is 0 Å². The molecule has 3 heteroatoms. The van der Waals surface area contributed by atoms with Gasteiger partial charge in [-0.25, -0.2) is 8.78 Å². The van der Waals surface area contributed by atoms with Crippen LogP contribution in [-0.2, 0) is 4.74 Å². The van der Waals surface area contributed by atoms with Gasteiger partial charge in [-0.05, 0) is 19.3 Å². The Kier molecular flexibility index (Phi) is 11.7. The van der Waals surface area contributed by atoms with Crippen LogP contribution in [0, 0.1) is 0 Å². The lowest BCUT2D eigenvalue weighted by Crippen LogP contribution is -1.98. The van der Waals surface area contributed by atoms with E-state index in [1.165, 1.54) is 19.3 Å². The second-order valence-corrected chi connectivity index (χ2v) is 3.91. The highest BCUT2D eigenvalue weighted by Crippen LogP contribution is 2.07. The number of ether oxygens (including phenoxy) is 1. The van der Waals surface area contributed by atoms with Crippen molar-refractivity contribution in [2.24, 2.45) is 0 Å². The van der Waals surface area contributed by atoms with Crippen molar-refractivity contribution >= 4 is 0 Å². The Morgan fingerprint density at radius 3 is 2.00 bits per heavy atom. The molecule has 15 heavy (non-hydrogen) atoms. The quantitative estimate of drug-likeness (QED) is 0.470. The van der Waals surface area contributed by atoms with Crippen LogP contribution < -0.4 is 0 Å². The molecule has 0 bridgehead atoms. The summed E-state index contributed by atoms with van der Waals surface area (Å²) in [5, 5.41) is 0. The van der Waals surface area contributed by atoms with E-state index in [0.717, 1.165) is 32.5 Å². The molecular weight excluding hydrogens is 198 g/mol. The Hall–Kier alpha value is -0.180. The third-order valence-electron chi connectivity index (χ3n) is 2.35. The molecule has 1 nitrogen and oxygen atoms in total. The van der Waals surface area contributed by atoms with Crippen molar-refractivity contribution in [3.05, 3.63) is 0 Å². The smallest absolute Gasteiger partial charge is 0.238 e. The fourth-order valence-electron chi connectivity index (χ4n) is 1.41. The van der Waals surface area contributed by atoms with Gasteiger partial charge in [0.25, 0.3) is 0 Å². The van der Waals surface area contributed by atoms with Crippen LogP contribution in [0.15, 0.2) is 0 Å². The predicted molar refractivity (Wildman–Crippen MR) is 59.4 cm³/mol. The maximum Gasteiger partial charge on any atom is 0.238 e. The van der Waals surface area contributed by atoms with E-state index < -0.39 is 6.43 Å². The van der Waals surface area contributed by atoms with Crippen molar-refractivity contribution < 1.29 is 13.5 Å². The molecule has 0 amide bonds. The zero-order chi connectivity index (χ0) is 11.4. The third-order valence-corrected chi connectivity index (χ3v) is 2.35. The van der Waals surface area contributed by atoms with Crippen molar-refractivity contribution in [3.8, 4) is 0 Å². The molecule has 0 saturated heterocycles. The number of halogens is 2. The van der Waals surface area contributed by atoms with E-state index in [0.29, 0.717) is 6.42 Å². The summed E-state index contributed by atoms with van der Waals surface area (Å²) >= 11 is 0. The minimum atomic E-state index is -2.14. The largest absolute Gasteiger partial charge is 0.381 e. The minimum absolute atomic E-state index is 0.0382. The monoisotopic (exact) mass is 222 g/mol. The molecule has 0 rings (SSSR count). The molecule has 0 fully saturated rings. The van der Waals surface area contributed by atoms with Crippen LogP contribution >= 0.6 is 0 Å². The molecule has 0 heterocycles. The maximum atomic E-state index is 11.8. The summed E-state index contributed by atoms with van der Waals surface area (Å²) in [4.78, 5) is 0. The van der Waals surface area contributed by atoms with E-state index in [4.69, 9.17) is 4.74 Å². The molecular formula is C12H24F2O. The summed E-state index contributed by atoms with van der Waals surface area (Å²) in [6.45, 7) is 3.74. The molecule has 0 N–H and O–H groups in total. The molecule has 0 aliphatic carbocycles. The zero-order valence-electron chi connectivity index (χ0n) is 9.81. The standard InChI is InChI=1S/C12H24F2O/c1-2-3-4-7-10-15-11-8-5-6-9-12(13)14/h12H,2-11H2,1H3. The molecule has 0 aliphatic heterocycles. The fraction of sp³-hybridized carbons (Fsp3) is 1.00. The van der Waals surface area contributed by atoms with E-state index in [1.807, 2.05) is 0 Å². The number of rotatable bonds is 11. The van der Waals surface area contributed by atoms with Crippen molar-refractivity contribution in [1.29, 1.82) is 0 Å². The lowest BCUT2D eigenvalue weighted by atomic mass is 10.2. The molecule has 0 aromatic rings. The molecule has 0 radical (unpaired) electrons. The van der Waals surface area contributed by atoms with Gasteiger partial charge >= 0.3 is 0 Å². The van der Waals surface area contributed by atoms with Gasteiger partial charge in [0.2, 0.25) is 6.43 Å². The van der Waals surface area contributed by atoms with E-state index in [-0.39, 0.29) is 6.42 Å². The van der Waals surface area contributed by atoms with Crippen LogP contribution in [-0.4, -0.2) is 19.6 Å². The third kappa shape index (κ3) is 13.8. The van der Waals surface area contributed by atoms with Gasteiger partial charge in [0, 0.05) is 19.6 Å². The molecule has 0 aromatic carbocycles. The average molecular weight is 222 g/mol. The number of hydrogen-bond acceptors (Lipinski definition) is 1. The Balaban J connectivity index is 2.87. The SMILES string of the molecule is CCCCCCOCCCCCC(F)F. The fourth-order valence-corrected chi connectivity index (χ4v) is 1.41. The molecule has 0 unspecified atom stereocenters. The van der Waals surface area contributed by atoms with Gasteiger partial charge in [-0.2, -0.15) is 0 Å². The van der Waals surface area contributed by atoms with Crippen LogP contribution in [0.5, 0.6) is 0 Å². The van der Waals surface area contributed by atoms with E-state index in [9.17, 15) is 8.78 Å². The van der Waals surface area contributed by atoms with Gasteiger partial charge in [-0.15, -0.1) is 0 Å². The van der Waals surface area contributed by atoms with Gasteiger partial charge in [0.05, 0.1) is 0 Å². The molecule has 92 valence electrons. The Morgan fingerprint density at radius 2 is 1.47 bits per heavy atom. The van der Waals surface area contributed by atoms with Crippen molar-refractivity contribution in [2.45, 2.75) is 64.7 Å². The van der Waals surface area contributed by atoms with Crippen LogP contribution in [0.1, 0.15) is 58.3 Å². The van der Waals surface area contributed by atoms with Crippen molar-refractivity contribution in [1.82, 2.24) is 0 Å². The first kappa shape index (κ1) is 14.8. The maximum absolute atomic E-state index is 11.8. The molecule has 0 aliphatic rings. The lowest BCUT2D eigenvalue weighted by Gasteiger charge is -2.03. The molecule has 0 aromatic heterocycles. The summed E-state index contributed by atoms with van der Waals surface area (Å²) in [7, 11) is 0. The number of unbranched alkanes of at least 4 members (excludes halogenated alkanes) is 5. The normalized spacial score (nSPS) is 11.2. The Bertz CT molecular complexity index is 118. The lowest BCUT2D eigenvalue weighted by molar-refractivity contribution is 0.117. The Labute approximate surface area is 92.2 Å². The minimum Gasteiger partial charge on any atom is -0.381 e. The van der Waals surface area contributed by atoms with Gasteiger partial charge in [-0.3, -0.25) is 0 Å². The van der Waals surface area contributed by atoms with E-state index in [2.05, 4.69) is 6.92 Å². The predicted octanol–water partition coefficient (Wildman–Crippen LogP) is 4.41. The van der Waals surface area contributed by atoms with Crippen LogP contribution in [0.3, 0.4) is 0 Å². The summed E-state index contributed by atoms with van der Waals surface area (Å²) in [6.07, 6.45) is 5.19. The van der Waals surface area contributed by atoms with E-state index >= 15 is 0 Å². The highest BCUT2D eigenvalue weighted by molar-refractivity contribution is 4.45. The number of alkyl halides is 2. The van der Waals surface area contributed by atoms with Gasteiger partial charge < -0.3 is 4.74 Å². The summed E-state index contributed by atoms with van der Waals surface area (Å²) in [5.74, 6) is 0. The first-order chi connectivity index (χ1) is 7.27. The average Bonchev–Trinajstić information content (AvgIpc) is 2.20. The number of hydrogen-bond donors (Lipinski definition) is 0. The summed E-state index contributed by atoms with van der Waals surface area (Å²) in [5.41, 5.74) is 0. The molecule has 0 spiro atoms. The first-order valence-corrected chi connectivity index (χ1v) is 6.13. The summed E-state index contributed by atoms with van der Waals surface area (Å²) in [6, 6.07) is 0. The van der Waals surface area contributed by atoms with Crippen LogP contribution in [0.4, 0.5) is 8.78 Å². The van der Waals surface area contributed by atoms with Gasteiger partial charge in [-0.1, -0.05) is 32.6 Å². The topological polar surface area (TPSA) is 9.23 Å². The zero-order valence-corrected chi connectivity index (χ0v) is 9.81. The second-order valence-electron chi connectivity index (χ2n) is 3.91. The summed E-state index contributed by atoms with van der Waals surface area (Å²) < 4.78 is 28.9. The van der Waals surface area contributed by atoms with Crippen molar-refractivity contribution in [2.75, 3.05) is 13.2 Å². The van der Waals surface area contributed by atoms with Crippen LogP contribution in [0.25, 0.3) is 0 Å².